The zero-order valence-corrected chi connectivity index (χ0v) is 10.8. The van der Waals surface area contributed by atoms with Gasteiger partial charge in [0.15, 0.2) is 0 Å². The first-order chi connectivity index (χ1) is 8.75. The van der Waals surface area contributed by atoms with E-state index in [2.05, 4.69) is 37.0 Å². The molecule has 0 bridgehead atoms. The van der Waals surface area contributed by atoms with Crippen LogP contribution in [0.4, 0.5) is 0 Å². The highest BCUT2D eigenvalue weighted by Crippen LogP contribution is 2.18. The third-order valence-electron chi connectivity index (χ3n) is 2.71. The summed E-state index contributed by atoms with van der Waals surface area (Å²) in [6.45, 7) is 5.58. The van der Waals surface area contributed by atoms with Crippen LogP contribution in [0.25, 0.3) is 0 Å². The Kier molecular flexibility index (Phi) is 4.18. The van der Waals surface area contributed by atoms with Crippen LogP contribution in [0.2, 0.25) is 0 Å². The van der Waals surface area contributed by atoms with Gasteiger partial charge in [0, 0.05) is 18.9 Å². The number of aromatic nitrogens is 2. The summed E-state index contributed by atoms with van der Waals surface area (Å²) in [6.07, 6.45) is 9.62. The first-order valence-corrected chi connectivity index (χ1v) is 6.06. The molecule has 0 radical (unpaired) electrons. The Hall–Kier alpha value is -2.03. The molecule has 1 heterocycles. The third-order valence-corrected chi connectivity index (χ3v) is 2.71. The summed E-state index contributed by atoms with van der Waals surface area (Å²) < 4.78 is 7.71. The van der Waals surface area contributed by atoms with Gasteiger partial charge < -0.3 is 9.30 Å². The molecular formula is C15H18N2O. The molecule has 0 spiro atoms. The van der Waals surface area contributed by atoms with Crippen LogP contribution in [0.15, 0.2) is 49.1 Å². The van der Waals surface area contributed by atoms with Gasteiger partial charge in [-0.1, -0.05) is 23.8 Å². The van der Waals surface area contributed by atoms with Crippen molar-refractivity contribution in [3.63, 3.8) is 0 Å². The van der Waals surface area contributed by atoms with Crippen molar-refractivity contribution < 1.29 is 4.74 Å². The average molecular weight is 242 g/mol. The highest BCUT2D eigenvalue weighted by atomic mass is 16.5. The van der Waals surface area contributed by atoms with E-state index in [-0.39, 0.29) is 0 Å². The van der Waals surface area contributed by atoms with Crippen LogP contribution in [-0.4, -0.2) is 16.2 Å². The molecule has 3 heteroatoms. The second-order valence-electron chi connectivity index (χ2n) is 4.31. The van der Waals surface area contributed by atoms with E-state index in [1.54, 1.807) is 12.5 Å². The number of ether oxygens (including phenoxy) is 1. The number of benzene rings is 1. The van der Waals surface area contributed by atoms with Gasteiger partial charge in [0.1, 0.15) is 12.4 Å². The molecule has 0 aliphatic heterocycles. The number of rotatable bonds is 5. The van der Waals surface area contributed by atoms with Gasteiger partial charge in [-0.3, -0.25) is 0 Å². The Morgan fingerprint density at radius 3 is 2.89 bits per heavy atom. The van der Waals surface area contributed by atoms with Crippen molar-refractivity contribution in [2.75, 3.05) is 6.61 Å². The number of hydrogen-bond acceptors (Lipinski definition) is 2. The van der Waals surface area contributed by atoms with Crippen LogP contribution in [0.5, 0.6) is 5.75 Å². The van der Waals surface area contributed by atoms with Gasteiger partial charge >= 0.3 is 0 Å². The summed E-state index contributed by atoms with van der Waals surface area (Å²) in [5, 5.41) is 0. The van der Waals surface area contributed by atoms with E-state index in [0.29, 0.717) is 6.61 Å². The molecular weight excluding hydrogens is 224 g/mol. The van der Waals surface area contributed by atoms with E-state index in [1.165, 1.54) is 11.1 Å². The van der Waals surface area contributed by atoms with E-state index in [1.807, 2.05) is 22.9 Å². The second kappa shape index (κ2) is 6.05. The van der Waals surface area contributed by atoms with Crippen molar-refractivity contribution in [2.45, 2.75) is 20.4 Å². The minimum absolute atomic E-state index is 0.596. The van der Waals surface area contributed by atoms with Crippen LogP contribution >= 0.6 is 0 Å². The maximum absolute atomic E-state index is 5.70. The lowest BCUT2D eigenvalue weighted by atomic mass is 10.1. The number of aryl methyl sites for hydroxylation is 2. The minimum Gasteiger partial charge on any atom is -0.489 e. The molecule has 0 aliphatic rings. The van der Waals surface area contributed by atoms with Crippen molar-refractivity contribution >= 4 is 0 Å². The third kappa shape index (κ3) is 3.48. The maximum atomic E-state index is 5.70. The standard InChI is InChI=1S/C15H18N2O/c1-13-5-6-15(14(2)11-13)18-10-4-3-8-17-9-7-16-12-17/h3-7,9,11-12H,8,10H2,1-2H3. The normalized spacial score (nSPS) is 11.0. The van der Waals surface area contributed by atoms with Crippen LogP contribution in [0.1, 0.15) is 11.1 Å². The Labute approximate surface area is 108 Å². The quantitative estimate of drug-likeness (QED) is 0.753. The van der Waals surface area contributed by atoms with Crippen LogP contribution in [0.3, 0.4) is 0 Å². The minimum atomic E-state index is 0.596. The topological polar surface area (TPSA) is 27.1 Å². The van der Waals surface area contributed by atoms with E-state index in [9.17, 15) is 0 Å². The van der Waals surface area contributed by atoms with Gasteiger partial charge in [0.05, 0.1) is 6.33 Å². The molecule has 0 N–H and O–H groups in total. The molecule has 0 aliphatic carbocycles. The molecule has 0 unspecified atom stereocenters. The number of hydrogen-bond donors (Lipinski definition) is 0. The molecule has 3 nitrogen and oxygen atoms in total. The van der Waals surface area contributed by atoms with Crippen LogP contribution < -0.4 is 4.74 Å². The van der Waals surface area contributed by atoms with E-state index >= 15 is 0 Å². The fourth-order valence-electron chi connectivity index (χ4n) is 1.76. The van der Waals surface area contributed by atoms with Crippen molar-refractivity contribution in [3.8, 4) is 5.75 Å². The molecule has 0 saturated heterocycles. The summed E-state index contributed by atoms with van der Waals surface area (Å²) >= 11 is 0. The Morgan fingerprint density at radius 1 is 1.28 bits per heavy atom. The fraction of sp³-hybridized carbons (Fsp3) is 0.267. The SMILES string of the molecule is Cc1ccc(OCC=CCn2ccnc2)c(C)c1. The number of nitrogens with zero attached hydrogens (tertiary/aromatic N) is 2. The molecule has 18 heavy (non-hydrogen) atoms. The number of imidazole rings is 1. The zero-order valence-electron chi connectivity index (χ0n) is 10.8. The molecule has 2 rings (SSSR count). The molecule has 2 aromatic rings. The Balaban J connectivity index is 1.79. The smallest absolute Gasteiger partial charge is 0.122 e. The summed E-state index contributed by atoms with van der Waals surface area (Å²) in [7, 11) is 0. The van der Waals surface area contributed by atoms with E-state index in [0.717, 1.165) is 12.3 Å². The van der Waals surface area contributed by atoms with E-state index < -0.39 is 0 Å². The second-order valence-corrected chi connectivity index (χ2v) is 4.31. The lowest BCUT2D eigenvalue weighted by molar-refractivity contribution is 0.359. The molecule has 0 atom stereocenters. The van der Waals surface area contributed by atoms with Gasteiger partial charge in [-0.2, -0.15) is 0 Å². The maximum Gasteiger partial charge on any atom is 0.122 e. The Bertz CT molecular complexity index is 515. The van der Waals surface area contributed by atoms with Gasteiger partial charge in [-0.05, 0) is 31.6 Å². The summed E-state index contributed by atoms with van der Waals surface area (Å²) in [4.78, 5) is 3.99. The van der Waals surface area contributed by atoms with Crippen molar-refractivity contribution in [3.05, 3.63) is 60.2 Å². The number of allylic oxidation sites excluding steroid dienone is 1. The Morgan fingerprint density at radius 2 is 2.17 bits per heavy atom. The predicted molar refractivity (Wildman–Crippen MR) is 72.8 cm³/mol. The fourth-order valence-corrected chi connectivity index (χ4v) is 1.76. The highest BCUT2D eigenvalue weighted by molar-refractivity contribution is 5.35. The molecule has 1 aromatic heterocycles. The summed E-state index contributed by atoms with van der Waals surface area (Å²) in [5.41, 5.74) is 2.44. The van der Waals surface area contributed by atoms with Gasteiger partial charge in [-0.15, -0.1) is 0 Å². The molecule has 0 amide bonds. The average Bonchev–Trinajstić information content (AvgIpc) is 2.84. The first kappa shape index (κ1) is 12.4. The van der Waals surface area contributed by atoms with E-state index in [4.69, 9.17) is 4.74 Å². The van der Waals surface area contributed by atoms with Crippen molar-refractivity contribution in [2.24, 2.45) is 0 Å². The molecule has 1 aromatic carbocycles. The summed E-state index contributed by atoms with van der Waals surface area (Å²) in [6, 6.07) is 6.22. The summed E-state index contributed by atoms with van der Waals surface area (Å²) in [5.74, 6) is 0.952. The van der Waals surface area contributed by atoms with Gasteiger partial charge in [0.25, 0.3) is 0 Å². The van der Waals surface area contributed by atoms with Crippen LogP contribution in [-0.2, 0) is 6.54 Å². The molecule has 0 fully saturated rings. The van der Waals surface area contributed by atoms with Crippen molar-refractivity contribution in [1.29, 1.82) is 0 Å². The lowest BCUT2D eigenvalue weighted by Crippen LogP contribution is -1.97. The van der Waals surface area contributed by atoms with Gasteiger partial charge in [0.2, 0.25) is 0 Å². The zero-order chi connectivity index (χ0) is 12.8. The van der Waals surface area contributed by atoms with Crippen LogP contribution in [0, 0.1) is 13.8 Å². The highest BCUT2D eigenvalue weighted by Gasteiger charge is 1.97. The monoisotopic (exact) mass is 242 g/mol. The molecule has 94 valence electrons. The molecule has 0 saturated carbocycles. The lowest BCUT2D eigenvalue weighted by Gasteiger charge is -2.07. The largest absolute Gasteiger partial charge is 0.489 e. The predicted octanol–water partition coefficient (Wildman–Crippen LogP) is 3.14. The van der Waals surface area contributed by atoms with Gasteiger partial charge in [-0.25, -0.2) is 4.98 Å². The first-order valence-electron chi connectivity index (χ1n) is 6.06. The van der Waals surface area contributed by atoms with Crippen molar-refractivity contribution in [1.82, 2.24) is 9.55 Å².